The molecule has 0 amide bonds. The van der Waals surface area contributed by atoms with Gasteiger partial charge in [-0.3, -0.25) is 4.98 Å². The SMILES string of the molecule is C=C(O[Si](C)(C)C)c1cnccn1. The average Bonchev–Trinajstić information content (AvgIpc) is 2.03. The first-order valence-electron chi connectivity index (χ1n) is 4.13. The van der Waals surface area contributed by atoms with Gasteiger partial charge in [0.25, 0.3) is 0 Å². The Bertz CT molecular complexity index is 292. The van der Waals surface area contributed by atoms with Crippen molar-refractivity contribution >= 4 is 14.1 Å². The first-order chi connectivity index (χ1) is 5.99. The number of hydrogen-bond acceptors (Lipinski definition) is 3. The Balaban J connectivity index is 2.71. The minimum atomic E-state index is -1.57. The Morgan fingerprint density at radius 3 is 2.54 bits per heavy atom. The van der Waals surface area contributed by atoms with E-state index in [2.05, 4.69) is 36.2 Å². The average molecular weight is 194 g/mol. The van der Waals surface area contributed by atoms with Crippen LogP contribution in [-0.2, 0) is 4.43 Å². The summed E-state index contributed by atoms with van der Waals surface area (Å²) in [6, 6.07) is 0. The molecule has 1 rings (SSSR count). The summed E-state index contributed by atoms with van der Waals surface area (Å²) >= 11 is 0. The first kappa shape index (κ1) is 9.92. The van der Waals surface area contributed by atoms with Gasteiger partial charge in [-0.15, -0.1) is 0 Å². The molecule has 0 saturated heterocycles. The molecule has 0 spiro atoms. The van der Waals surface area contributed by atoms with Gasteiger partial charge in [-0.1, -0.05) is 6.58 Å². The Kier molecular flexibility index (Phi) is 2.82. The summed E-state index contributed by atoms with van der Waals surface area (Å²) in [4.78, 5) is 8.05. The number of hydrogen-bond donors (Lipinski definition) is 0. The molecule has 1 aromatic rings. The molecule has 0 aromatic carbocycles. The zero-order chi connectivity index (χ0) is 9.90. The van der Waals surface area contributed by atoms with Crippen LogP contribution in [0.1, 0.15) is 5.69 Å². The van der Waals surface area contributed by atoms with Gasteiger partial charge in [-0.05, 0) is 19.6 Å². The normalized spacial score (nSPS) is 11.0. The Labute approximate surface area is 79.6 Å². The van der Waals surface area contributed by atoms with E-state index in [1.165, 1.54) is 0 Å². The molecule has 4 heteroatoms. The summed E-state index contributed by atoms with van der Waals surface area (Å²) in [5.41, 5.74) is 0.713. The molecule has 0 aliphatic rings. The molecule has 0 aliphatic heterocycles. The Hall–Kier alpha value is -1.16. The standard InChI is InChI=1S/C9H14N2OSi/c1-8(12-13(2,3)4)9-7-10-5-6-11-9/h5-7H,1H2,2-4H3. The van der Waals surface area contributed by atoms with Crippen LogP contribution in [0.5, 0.6) is 0 Å². The fourth-order valence-corrected chi connectivity index (χ4v) is 1.71. The van der Waals surface area contributed by atoms with Crippen LogP contribution in [0.2, 0.25) is 19.6 Å². The van der Waals surface area contributed by atoms with Crippen LogP contribution in [0, 0.1) is 0 Å². The van der Waals surface area contributed by atoms with E-state index in [4.69, 9.17) is 4.43 Å². The van der Waals surface area contributed by atoms with Crippen molar-refractivity contribution in [2.45, 2.75) is 19.6 Å². The third-order valence-corrected chi connectivity index (χ3v) is 2.14. The van der Waals surface area contributed by atoms with E-state index in [-0.39, 0.29) is 0 Å². The number of rotatable bonds is 3. The summed E-state index contributed by atoms with van der Waals surface area (Å²) < 4.78 is 5.67. The van der Waals surface area contributed by atoms with Crippen molar-refractivity contribution in [3.63, 3.8) is 0 Å². The van der Waals surface area contributed by atoms with Gasteiger partial charge >= 0.3 is 0 Å². The van der Waals surface area contributed by atoms with E-state index in [0.29, 0.717) is 11.5 Å². The van der Waals surface area contributed by atoms with Gasteiger partial charge in [-0.2, -0.15) is 0 Å². The number of nitrogens with zero attached hydrogens (tertiary/aromatic N) is 2. The van der Waals surface area contributed by atoms with Gasteiger partial charge in [0.05, 0.1) is 6.20 Å². The molecule has 70 valence electrons. The molecular weight excluding hydrogens is 180 g/mol. The van der Waals surface area contributed by atoms with Crippen molar-refractivity contribution in [3.8, 4) is 0 Å². The topological polar surface area (TPSA) is 35.0 Å². The third kappa shape index (κ3) is 3.37. The third-order valence-electron chi connectivity index (χ3n) is 1.28. The van der Waals surface area contributed by atoms with Crippen molar-refractivity contribution in [3.05, 3.63) is 30.9 Å². The molecular formula is C9H14N2OSi. The van der Waals surface area contributed by atoms with Crippen molar-refractivity contribution in [1.82, 2.24) is 9.97 Å². The van der Waals surface area contributed by atoms with E-state index in [9.17, 15) is 0 Å². The lowest BCUT2D eigenvalue weighted by atomic mass is 10.4. The Morgan fingerprint density at radius 1 is 1.38 bits per heavy atom. The predicted molar refractivity (Wildman–Crippen MR) is 55.5 cm³/mol. The van der Waals surface area contributed by atoms with Crippen molar-refractivity contribution in [2.24, 2.45) is 0 Å². The fourth-order valence-electron chi connectivity index (χ4n) is 0.865. The molecule has 13 heavy (non-hydrogen) atoms. The van der Waals surface area contributed by atoms with E-state index < -0.39 is 8.32 Å². The first-order valence-corrected chi connectivity index (χ1v) is 7.54. The summed E-state index contributed by atoms with van der Waals surface area (Å²) in [6.45, 7) is 10.1. The molecule has 3 nitrogen and oxygen atoms in total. The molecule has 0 bridgehead atoms. The molecule has 0 N–H and O–H groups in total. The maximum Gasteiger partial charge on any atom is 0.242 e. The maximum atomic E-state index is 5.67. The largest absolute Gasteiger partial charge is 0.543 e. The molecule has 1 heterocycles. The zero-order valence-corrected chi connectivity index (χ0v) is 9.24. The van der Waals surface area contributed by atoms with Gasteiger partial charge in [-0.25, -0.2) is 4.98 Å². The molecule has 0 aliphatic carbocycles. The molecule has 0 saturated carbocycles. The minimum Gasteiger partial charge on any atom is -0.543 e. The lowest BCUT2D eigenvalue weighted by Crippen LogP contribution is -2.24. The van der Waals surface area contributed by atoms with E-state index in [1.807, 2.05) is 0 Å². The second-order valence-electron chi connectivity index (χ2n) is 3.73. The summed E-state index contributed by atoms with van der Waals surface area (Å²) in [7, 11) is -1.57. The highest BCUT2D eigenvalue weighted by Crippen LogP contribution is 2.15. The maximum absolute atomic E-state index is 5.67. The predicted octanol–water partition coefficient (Wildman–Crippen LogP) is 2.30. The zero-order valence-electron chi connectivity index (χ0n) is 8.24. The smallest absolute Gasteiger partial charge is 0.242 e. The van der Waals surface area contributed by atoms with Crippen LogP contribution in [0.15, 0.2) is 25.2 Å². The fraction of sp³-hybridized carbons (Fsp3) is 0.333. The van der Waals surface area contributed by atoms with E-state index in [1.54, 1.807) is 18.6 Å². The highest BCUT2D eigenvalue weighted by atomic mass is 28.4. The molecule has 0 radical (unpaired) electrons. The molecule has 0 atom stereocenters. The molecule has 0 unspecified atom stereocenters. The van der Waals surface area contributed by atoms with E-state index in [0.717, 1.165) is 0 Å². The second kappa shape index (κ2) is 3.70. The van der Waals surface area contributed by atoms with Gasteiger partial charge < -0.3 is 4.43 Å². The summed E-state index contributed by atoms with van der Waals surface area (Å²) in [6.07, 6.45) is 4.92. The van der Waals surface area contributed by atoms with Crippen LogP contribution < -0.4 is 0 Å². The van der Waals surface area contributed by atoms with Crippen molar-refractivity contribution < 1.29 is 4.43 Å². The van der Waals surface area contributed by atoms with E-state index >= 15 is 0 Å². The van der Waals surface area contributed by atoms with Gasteiger partial charge in [0.15, 0.2) is 0 Å². The van der Waals surface area contributed by atoms with Crippen molar-refractivity contribution in [2.75, 3.05) is 0 Å². The Morgan fingerprint density at radius 2 is 2.08 bits per heavy atom. The highest BCUT2D eigenvalue weighted by molar-refractivity contribution is 6.70. The van der Waals surface area contributed by atoms with Gasteiger partial charge in [0.1, 0.15) is 11.5 Å². The minimum absolute atomic E-state index is 0.618. The lowest BCUT2D eigenvalue weighted by Gasteiger charge is -2.20. The van der Waals surface area contributed by atoms with Gasteiger partial charge in [0, 0.05) is 12.4 Å². The van der Waals surface area contributed by atoms with Crippen LogP contribution in [-0.4, -0.2) is 18.3 Å². The van der Waals surface area contributed by atoms with Crippen molar-refractivity contribution in [1.29, 1.82) is 0 Å². The summed E-state index contributed by atoms with van der Waals surface area (Å²) in [5.74, 6) is 0.618. The van der Waals surface area contributed by atoms with Crippen LogP contribution >= 0.6 is 0 Å². The quantitative estimate of drug-likeness (QED) is 0.547. The highest BCUT2D eigenvalue weighted by Gasteiger charge is 2.17. The van der Waals surface area contributed by atoms with Crippen LogP contribution in [0.3, 0.4) is 0 Å². The molecule has 1 aromatic heterocycles. The monoisotopic (exact) mass is 194 g/mol. The summed E-state index contributed by atoms with van der Waals surface area (Å²) in [5, 5.41) is 0. The molecule has 0 fully saturated rings. The van der Waals surface area contributed by atoms with Gasteiger partial charge in [0.2, 0.25) is 8.32 Å². The van der Waals surface area contributed by atoms with Crippen LogP contribution in [0.25, 0.3) is 5.76 Å². The number of aromatic nitrogens is 2. The lowest BCUT2D eigenvalue weighted by molar-refractivity contribution is 0.513. The van der Waals surface area contributed by atoms with Crippen LogP contribution in [0.4, 0.5) is 0 Å². The second-order valence-corrected chi connectivity index (χ2v) is 8.16.